The highest BCUT2D eigenvalue weighted by Crippen LogP contribution is 2.42. The van der Waals surface area contributed by atoms with Gasteiger partial charge < -0.3 is 15.6 Å². The Hall–Kier alpha value is -4.97. The molecule has 0 spiro atoms. The van der Waals surface area contributed by atoms with E-state index in [1.54, 1.807) is 48.5 Å². The standard InChI is InChI=1S/C29H19NO5/c30-27-24(16-23(32)25-26(27)29(34)21-9-5-4-8-20(21)28(25)33)35-19-13-11-18(12-14-19)22(31)15-10-17-6-2-1-3-7-17/h1-16,32H,30H2/b15-10+. The Morgan fingerprint density at radius 1 is 0.800 bits per heavy atom. The minimum absolute atomic E-state index is 0.0323. The number of hydrogen-bond donors (Lipinski definition) is 2. The van der Waals surface area contributed by atoms with Crippen molar-refractivity contribution in [3.05, 3.63) is 124 Å². The number of nitrogens with two attached hydrogens (primary N) is 1. The molecule has 5 rings (SSSR count). The van der Waals surface area contributed by atoms with Crippen LogP contribution in [-0.2, 0) is 0 Å². The van der Waals surface area contributed by atoms with Gasteiger partial charge in [-0.1, -0.05) is 60.7 Å². The molecule has 0 saturated heterocycles. The molecule has 35 heavy (non-hydrogen) atoms. The second-order valence-corrected chi connectivity index (χ2v) is 8.00. The number of carbonyl (C=O) groups is 3. The third kappa shape index (κ3) is 3.98. The summed E-state index contributed by atoms with van der Waals surface area (Å²) < 4.78 is 5.81. The van der Waals surface area contributed by atoms with Crippen molar-refractivity contribution in [2.75, 3.05) is 5.73 Å². The molecule has 0 aromatic heterocycles. The number of phenols is 1. The first-order valence-electron chi connectivity index (χ1n) is 10.8. The third-order valence-corrected chi connectivity index (χ3v) is 5.77. The van der Waals surface area contributed by atoms with E-state index in [1.807, 2.05) is 30.3 Å². The number of rotatable bonds is 5. The number of aromatic hydroxyl groups is 1. The maximum atomic E-state index is 13.1. The van der Waals surface area contributed by atoms with Gasteiger partial charge in [0.2, 0.25) is 0 Å². The number of phenolic OH excluding ortho intramolecular Hbond substituents is 1. The molecule has 0 saturated carbocycles. The molecule has 0 aliphatic heterocycles. The molecule has 0 bridgehead atoms. The van der Waals surface area contributed by atoms with Gasteiger partial charge >= 0.3 is 0 Å². The van der Waals surface area contributed by atoms with Gasteiger partial charge in [0.1, 0.15) is 11.5 Å². The Balaban J connectivity index is 1.41. The van der Waals surface area contributed by atoms with E-state index in [-0.39, 0.29) is 39.5 Å². The number of nitrogen functional groups attached to an aromatic ring is 1. The van der Waals surface area contributed by atoms with Crippen LogP contribution < -0.4 is 10.5 Å². The lowest BCUT2D eigenvalue weighted by Crippen LogP contribution is -2.22. The van der Waals surface area contributed by atoms with E-state index in [4.69, 9.17) is 10.5 Å². The first kappa shape index (κ1) is 21.9. The van der Waals surface area contributed by atoms with Gasteiger partial charge in [-0.15, -0.1) is 0 Å². The summed E-state index contributed by atoms with van der Waals surface area (Å²) in [7, 11) is 0. The molecular formula is C29H19NO5. The van der Waals surface area contributed by atoms with Crippen molar-refractivity contribution in [3.8, 4) is 17.2 Å². The minimum atomic E-state index is -0.475. The molecule has 6 heteroatoms. The van der Waals surface area contributed by atoms with Crippen LogP contribution in [0.15, 0.2) is 91.0 Å². The van der Waals surface area contributed by atoms with Crippen LogP contribution in [0.1, 0.15) is 47.8 Å². The SMILES string of the molecule is Nc1c(Oc2ccc(C(=O)/C=C/c3ccccc3)cc2)cc(O)c2c1C(=O)c1ccccc1C2=O. The average molecular weight is 461 g/mol. The highest BCUT2D eigenvalue weighted by Gasteiger charge is 2.35. The molecule has 0 atom stereocenters. The summed E-state index contributed by atoms with van der Waals surface area (Å²) in [6.45, 7) is 0. The van der Waals surface area contributed by atoms with Gasteiger partial charge in [-0.2, -0.15) is 0 Å². The van der Waals surface area contributed by atoms with Crippen LogP contribution in [0.4, 0.5) is 5.69 Å². The lowest BCUT2D eigenvalue weighted by Gasteiger charge is -2.21. The number of benzene rings is 4. The largest absolute Gasteiger partial charge is 0.507 e. The van der Waals surface area contributed by atoms with E-state index in [0.29, 0.717) is 11.3 Å². The average Bonchev–Trinajstić information content (AvgIpc) is 2.89. The third-order valence-electron chi connectivity index (χ3n) is 5.77. The predicted molar refractivity (Wildman–Crippen MR) is 132 cm³/mol. The van der Waals surface area contributed by atoms with Crippen LogP contribution in [0.25, 0.3) is 6.08 Å². The Kier molecular flexibility index (Phi) is 5.47. The summed E-state index contributed by atoms with van der Waals surface area (Å²) in [5, 5.41) is 10.6. The van der Waals surface area contributed by atoms with Crippen LogP contribution in [0.2, 0.25) is 0 Å². The first-order chi connectivity index (χ1) is 16.9. The second-order valence-electron chi connectivity index (χ2n) is 8.00. The van der Waals surface area contributed by atoms with Crippen molar-refractivity contribution in [2.45, 2.75) is 0 Å². The smallest absolute Gasteiger partial charge is 0.198 e. The predicted octanol–water partition coefficient (Wildman–Crippen LogP) is 5.44. The highest BCUT2D eigenvalue weighted by molar-refractivity contribution is 6.31. The van der Waals surface area contributed by atoms with E-state index >= 15 is 0 Å². The summed E-state index contributed by atoms with van der Waals surface area (Å²) in [5.74, 6) is -1.12. The summed E-state index contributed by atoms with van der Waals surface area (Å²) in [6, 6.07) is 23.5. The molecule has 170 valence electrons. The normalized spacial score (nSPS) is 12.3. The van der Waals surface area contributed by atoms with Gasteiger partial charge in [0, 0.05) is 22.8 Å². The zero-order valence-corrected chi connectivity index (χ0v) is 18.4. The summed E-state index contributed by atoms with van der Waals surface area (Å²) in [6.07, 6.45) is 3.23. The molecule has 4 aromatic rings. The van der Waals surface area contributed by atoms with Crippen molar-refractivity contribution in [1.29, 1.82) is 0 Å². The van der Waals surface area contributed by atoms with Crippen molar-refractivity contribution in [1.82, 2.24) is 0 Å². The fourth-order valence-electron chi connectivity index (χ4n) is 4.01. The lowest BCUT2D eigenvalue weighted by molar-refractivity contribution is 0.0977. The Bertz CT molecular complexity index is 1520. The maximum Gasteiger partial charge on any atom is 0.198 e. The molecular weight excluding hydrogens is 442 g/mol. The molecule has 3 N–H and O–H groups in total. The number of allylic oxidation sites excluding steroid dienone is 1. The lowest BCUT2D eigenvalue weighted by atomic mass is 9.82. The number of fused-ring (bicyclic) bond motifs is 2. The van der Waals surface area contributed by atoms with Crippen molar-refractivity contribution in [3.63, 3.8) is 0 Å². The van der Waals surface area contributed by atoms with Crippen LogP contribution in [0.3, 0.4) is 0 Å². The summed E-state index contributed by atoms with van der Waals surface area (Å²) in [4.78, 5) is 38.4. The fourth-order valence-corrected chi connectivity index (χ4v) is 4.01. The summed E-state index contributed by atoms with van der Waals surface area (Å²) >= 11 is 0. The second kappa shape index (κ2) is 8.76. The van der Waals surface area contributed by atoms with E-state index in [2.05, 4.69) is 0 Å². The monoisotopic (exact) mass is 461 g/mol. The number of ether oxygens (including phenoxy) is 1. The van der Waals surface area contributed by atoms with Gasteiger partial charge in [-0.25, -0.2) is 0 Å². The van der Waals surface area contributed by atoms with E-state index in [9.17, 15) is 19.5 Å². The zero-order chi connectivity index (χ0) is 24.5. The molecule has 0 amide bonds. The molecule has 4 aromatic carbocycles. The fraction of sp³-hybridized carbons (Fsp3) is 0. The van der Waals surface area contributed by atoms with E-state index in [1.165, 1.54) is 18.2 Å². The van der Waals surface area contributed by atoms with Crippen LogP contribution in [-0.4, -0.2) is 22.5 Å². The van der Waals surface area contributed by atoms with E-state index in [0.717, 1.165) is 5.56 Å². The number of ketones is 3. The molecule has 0 unspecified atom stereocenters. The number of hydrogen-bond acceptors (Lipinski definition) is 6. The van der Waals surface area contributed by atoms with Gasteiger partial charge in [0.25, 0.3) is 0 Å². The molecule has 0 fully saturated rings. The quantitative estimate of drug-likeness (QED) is 0.156. The molecule has 1 aliphatic rings. The first-order valence-corrected chi connectivity index (χ1v) is 10.8. The Morgan fingerprint density at radius 3 is 2.06 bits per heavy atom. The topological polar surface area (TPSA) is 107 Å². The molecule has 1 aliphatic carbocycles. The minimum Gasteiger partial charge on any atom is -0.507 e. The molecule has 0 heterocycles. The van der Waals surface area contributed by atoms with Crippen LogP contribution in [0, 0.1) is 0 Å². The van der Waals surface area contributed by atoms with Crippen LogP contribution in [0.5, 0.6) is 17.2 Å². The van der Waals surface area contributed by atoms with Crippen molar-refractivity contribution in [2.24, 2.45) is 0 Å². The summed E-state index contributed by atoms with van der Waals surface area (Å²) in [5.41, 5.74) is 7.79. The molecule has 6 nitrogen and oxygen atoms in total. The number of carbonyl (C=O) groups excluding carboxylic acids is 3. The van der Waals surface area contributed by atoms with Crippen molar-refractivity contribution < 1.29 is 24.2 Å². The van der Waals surface area contributed by atoms with Crippen LogP contribution >= 0.6 is 0 Å². The highest BCUT2D eigenvalue weighted by atomic mass is 16.5. The zero-order valence-electron chi connectivity index (χ0n) is 18.4. The van der Waals surface area contributed by atoms with E-state index < -0.39 is 17.3 Å². The van der Waals surface area contributed by atoms with Gasteiger partial charge in [0.05, 0.1) is 16.8 Å². The maximum absolute atomic E-state index is 13.1. The van der Waals surface area contributed by atoms with Gasteiger partial charge in [-0.3, -0.25) is 14.4 Å². The Labute approximate surface area is 200 Å². The van der Waals surface area contributed by atoms with Crippen molar-refractivity contribution >= 4 is 29.1 Å². The number of anilines is 1. The van der Waals surface area contributed by atoms with Gasteiger partial charge in [0.15, 0.2) is 23.1 Å². The van der Waals surface area contributed by atoms with Gasteiger partial charge in [-0.05, 0) is 35.9 Å². The Morgan fingerprint density at radius 2 is 1.40 bits per heavy atom. The molecule has 0 radical (unpaired) electrons.